The predicted octanol–water partition coefficient (Wildman–Crippen LogP) is 3.80. The van der Waals surface area contributed by atoms with Gasteiger partial charge in [0.1, 0.15) is 0 Å². The normalized spacial score (nSPS) is 10.4. The SMILES string of the molecule is O=C(O)c1nc(-c2ccc(Cl)cc2Cl)ncc1Cl. The van der Waals surface area contributed by atoms with Gasteiger partial charge in [0.25, 0.3) is 0 Å². The maximum Gasteiger partial charge on any atom is 0.356 e. The summed E-state index contributed by atoms with van der Waals surface area (Å²) in [6, 6.07) is 4.75. The van der Waals surface area contributed by atoms with E-state index in [1.165, 1.54) is 12.3 Å². The fourth-order valence-corrected chi connectivity index (χ4v) is 1.98. The highest BCUT2D eigenvalue weighted by Crippen LogP contribution is 2.28. The van der Waals surface area contributed by atoms with Crippen LogP contribution in [0.2, 0.25) is 15.1 Å². The zero-order valence-electron chi connectivity index (χ0n) is 8.69. The summed E-state index contributed by atoms with van der Waals surface area (Å²) in [5.41, 5.74) is 0.216. The molecule has 0 atom stereocenters. The molecule has 0 radical (unpaired) electrons. The number of carbonyl (C=O) groups is 1. The Bertz CT molecular complexity index is 632. The standard InChI is InChI=1S/C11H5Cl3N2O2/c12-5-1-2-6(7(13)3-5)10-15-4-8(14)9(16-10)11(17)18/h1-4H,(H,17,18). The molecule has 0 spiro atoms. The van der Waals surface area contributed by atoms with E-state index >= 15 is 0 Å². The molecule has 0 unspecified atom stereocenters. The molecule has 0 aliphatic heterocycles. The average Bonchev–Trinajstić information content (AvgIpc) is 2.30. The molecule has 1 heterocycles. The highest BCUT2D eigenvalue weighted by molar-refractivity contribution is 6.36. The van der Waals surface area contributed by atoms with Gasteiger partial charge in [0, 0.05) is 10.6 Å². The number of hydrogen-bond acceptors (Lipinski definition) is 3. The summed E-state index contributed by atoms with van der Waals surface area (Å²) in [5, 5.41) is 9.69. The topological polar surface area (TPSA) is 63.1 Å². The Morgan fingerprint density at radius 1 is 1.17 bits per heavy atom. The maximum atomic E-state index is 10.9. The minimum Gasteiger partial charge on any atom is -0.476 e. The molecule has 0 amide bonds. The fraction of sp³-hybridized carbons (Fsp3) is 0. The van der Waals surface area contributed by atoms with Gasteiger partial charge in [0.2, 0.25) is 0 Å². The Kier molecular flexibility index (Phi) is 3.71. The van der Waals surface area contributed by atoms with Crippen LogP contribution in [-0.4, -0.2) is 21.0 Å². The summed E-state index contributed by atoms with van der Waals surface area (Å²) >= 11 is 17.4. The lowest BCUT2D eigenvalue weighted by Crippen LogP contribution is -2.04. The zero-order chi connectivity index (χ0) is 13.3. The van der Waals surface area contributed by atoms with Crippen molar-refractivity contribution in [2.75, 3.05) is 0 Å². The van der Waals surface area contributed by atoms with Gasteiger partial charge in [-0.2, -0.15) is 0 Å². The number of carboxylic acid groups (broad SMARTS) is 1. The van der Waals surface area contributed by atoms with Crippen molar-refractivity contribution in [3.05, 3.63) is 45.2 Å². The summed E-state index contributed by atoms with van der Waals surface area (Å²) in [6.07, 6.45) is 1.22. The molecule has 0 saturated carbocycles. The van der Waals surface area contributed by atoms with Gasteiger partial charge in [-0.15, -0.1) is 0 Å². The second-order valence-electron chi connectivity index (χ2n) is 3.32. The van der Waals surface area contributed by atoms with Gasteiger partial charge in [-0.3, -0.25) is 0 Å². The average molecular weight is 304 g/mol. The number of aromatic nitrogens is 2. The molecule has 0 saturated heterocycles. The highest BCUT2D eigenvalue weighted by Gasteiger charge is 2.15. The first-order valence-corrected chi connectivity index (χ1v) is 5.83. The minimum absolute atomic E-state index is 0.0312. The second-order valence-corrected chi connectivity index (χ2v) is 4.57. The highest BCUT2D eigenvalue weighted by atomic mass is 35.5. The van der Waals surface area contributed by atoms with Crippen molar-refractivity contribution in [1.82, 2.24) is 9.97 Å². The molecule has 1 N–H and O–H groups in total. The first kappa shape index (κ1) is 13.1. The molecule has 0 aliphatic rings. The van der Waals surface area contributed by atoms with Gasteiger partial charge in [-0.05, 0) is 18.2 Å². The quantitative estimate of drug-likeness (QED) is 0.916. The van der Waals surface area contributed by atoms with Crippen LogP contribution in [0.4, 0.5) is 0 Å². The molecule has 92 valence electrons. The van der Waals surface area contributed by atoms with Crippen LogP contribution in [0.25, 0.3) is 11.4 Å². The number of aromatic carboxylic acids is 1. The van der Waals surface area contributed by atoms with Crippen molar-refractivity contribution >= 4 is 40.8 Å². The maximum absolute atomic E-state index is 10.9. The van der Waals surface area contributed by atoms with E-state index in [2.05, 4.69) is 9.97 Å². The van der Waals surface area contributed by atoms with Crippen molar-refractivity contribution in [3.63, 3.8) is 0 Å². The van der Waals surface area contributed by atoms with Gasteiger partial charge in [-0.1, -0.05) is 34.8 Å². The number of rotatable bonds is 2. The van der Waals surface area contributed by atoms with E-state index in [-0.39, 0.29) is 16.5 Å². The van der Waals surface area contributed by atoms with Crippen molar-refractivity contribution in [2.45, 2.75) is 0 Å². The van der Waals surface area contributed by atoms with E-state index in [0.29, 0.717) is 15.6 Å². The molecule has 18 heavy (non-hydrogen) atoms. The molecular formula is C11H5Cl3N2O2. The van der Waals surface area contributed by atoms with E-state index < -0.39 is 5.97 Å². The van der Waals surface area contributed by atoms with E-state index in [1.807, 2.05) is 0 Å². The third-order valence-corrected chi connectivity index (χ3v) is 2.94. The molecule has 0 aliphatic carbocycles. The van der Waals surface area contributed by atoms with Crippen LogP contribution in [0.3, 0.4) is 0 Å². The lowest BCUT2D eigenvalue weighted by Gasteiger charge is -2.05. The van der Waals surface area contributed by atoms with Crippen LogP contribution < -0.4 is 0 Å². The van der Waals surface area contributed by atoms with Crippen LogP contribution in [0.1, 0.15) is 10.5 Å². The lowest BCUT2D eigenvalue weighted by molar-refractivity contribution is 0.0690. The first-order valence-electron chi connectivity index (χ1n) is 4.70. The summed E-state index contributed by atoms with van der Waals surface area (Å²) in [5.74, 6) is -1.05. The fourth-order valence-electron chi connectivity index (χ4n) is 1.32. The van der Waals surface area contributed by atoms with E-state index in [9.17, 15) is 4.79 Å². The van der Waals surface area contributed by atoms with Gasteiger partial charge in [-0.25, -0.2) is 14.8 Å². The molecule has 0 fully saturated rings. The Morgan fingerprint density at radius 3 is 2.50 bits per heavy atom. The van der Waals surface area contributed by atoms with Gasteiger partial charge >= 0.3 is 5.97 Å². The summed E-state index contributed by atoms with van der Waals surface area (Å²) in [6.45, 7) is 0. The smallest absolute Gasteiger partial charge is 0.356 e. The molecule has 0 bridgehead atoms. The molecule has 4 nitrogen and oxygen atoms in total. The number of halogens is 3. The van der Waals surface area contributed by atoms with Crippen LogP contribution >= 0.6 is 34.8 Å². The van der Waals surface area contributed by atoms with Gasteiger partial charge < -0.3 is 5.11 Å². The van der Waals surface area contributed by atoms with E-state index in [4.69, 9.17) is 39.9 Å². The van der Waals surface area contributed by atoms with Gasteiger partial charge in [0.15, 0.2) is 11.5 Å². The zero-order valence-corrected chi connectivity index (χ0v) is 11.0. The number of carboxylic acids is 1. The third kappa shape index (κ3) is 2.56. The lowest BCUT2D eigenvalue weighted by atomic mass is 10.2. The van der Waals surface area contributed by atoms with Gasteiger partial charge in [0.05, 0.1) is 16.2 Å². The number of benzene rings is 1. The second kappa shape index (κ2) is 5.10. The molecule has 2 rings (SSSR count). The summed E-state index contributed by atoms with van der Waals surface area (Å²) in [7, 11) is 0. The minimum atomic E-state index is -1.23. The Morgan fingerprint density at radius 2 is 1.89 bits per heavy atom. The number of nitrogens with zero attached hydrogens (tertiary/aromatic N) is 2. The predicted molar refractivity (Wildman–Crippen MR) is 69.5 cm³/mol. The molecule has 7 heteroatoms. The first-order chi connectivity index (χ1) is 8.49. The molecule has 1 aromatic carbocycles. The summed E-state index contributed by atoms with van der Waals surface area (Å²) < 4.78 is 0. The van der Waals surface area contributed by atoms with Crippen LogP contribution in [0, 0.1) is 0 Å². The largest absolute Gasteiger partial charge is 0.476 e. The monoisotopic (exact) mass is 302 g/mol. The third-order valence-electron chi connectivity index (χ3n) is 2.12. The molecular weight excluding hydrogens is 298 g/mol. The van der Waals surface area contributed by atoms with Crippen molar-refractivity contribution in [2.24, 2.45) is 0 Å². The Labute approximate surface area is 117 Å². The summed E-state index contributed by atoms with van der Waals surface area (Å²) in [4.78, 5) is 18.7. The number of hydrogen-bond donors (Lipinski definition) is 1. The van der Waals surface area contributed by atoms with Crippen LogP contribution in [0.15, 0.2) is 24.4 Å². The van der Waals surface area contributed by atoms with Crippen molar-refractivity contribution in [1.29, 1.82) is 0 Å². The Balaban J connectivity index is 2.58. The Hall–Kier alpha value is -1.36. The molecule has 2 aromatic rings. The van der Waals surface area contributed by atoms with E-state index in [0.717, 1.165) is 0 Å². The van der Waals surface area contributed by atoms with E-state index in [1.54, 1.807) is 12.1 Å². The van der Waals surface area contributed by atoms with Crippen molar-refractivity contribution in [3.8, 4) is 11.4 Å². The van der Waals surface area contributed by atoms with Crippen LogP contribution in [-0.2, 0) is 0 Å². The molecule has 1 aromatic heterocycles. The van der Waals surface area contributed by atoms with Crippen LogP contribution in [0.5, 0.6) is 0 Å². The van der Waals surface area contributed by atoms with Crippen molar-refractivity contribution < 1.29 is 9.90 Å².